The summed E-state index contributed by atoms with van der Waals surface area (Å²) in [5, 5.41) is 0. The molecule has 0 radical (unpaired) electrons. The highest BCUT2D eigenvalue weighted by Crippen LogP contribution is 2.26. The summed E-state index contributed by atoms with van der Waals surface area (Å²) in [6.07, 6.45) is 1.01. The molecule has 0 saturated carbocycles. The Balaban J connectivity index is 2.03. The molecule has 0 bridgehead atoms. The van der Waals surface area contributed by atoms with Crippen LogP contribution in [0, 0.1) is 20.8 Å². The number of rotatable bonds is 2. The lowest BCUT2D eigenvalue weighted by Gasteiger charge is -2.17. The molecule has 1 saturated heterocycles. The maximum absolute atomic E-state index is 6.00. The molecule has 2 N–H and O–H groups in total. The van der Waals surface area contributed by atoms with Crippen molar-refractivity contribution in [3.05, 3.63) is 41.1 Å². The summed E-state index contributed by atoms with van der Waals surface area (Å²) in [6.45, 7) is 8.04. The number of nitrogens with two attached hydrogens (primary N) is 1. The minimum Gasteiger partial charge on any atom is -0.339 e. The molecule has 3 rings (SSSR count). The van der Waals surface area contributed by atoms with E-state index in [1.165, 1.54) is 16.7 Å². The first-order valence-electron chi connectivity index (χ1n) is 7.47. The topological polar surface area (TPSA) is 55.0 Å². The summed E-state index contributed by atoms with van der Waals surface area (Å²) in [5.41, 5.74) is 11.7. The molecule has 1 aliphatic rings. The van der Waals surface area contributed by atoms with E-state index in [2.05, 4.69) is 48.0 Å². The Bertz CT molecular complexity index is 666. The van der Waals surface area contributed by atoms with Gasteiger partial charge < -0.3 is 10.6 Å². The molecule has 4 nitrogen and oxygen atoms in total. The van der Waals surface area contributed by atoms with Gasteiger partial charge >= 0.3 is 0 Å². The molecule has 2 aromatic rings. The summed E-state index contributed by atoms with van der Waals surface area (Å²) < 4.78 is 0. The van der Waals surface area contributed by atoms with Gasteiger partial charge in [0.05, 0.1) is 5.69 Å². The van der Waals surface area contributed by atoms with Gasteiger partial charge in [0.1, 0.15) is 0 Å². The molecule has 110 valence electrons. The SMILES string of the molecule is Cc1ccc(C)c(-c2cc(C)nc(N3CCC(N)C3)n2)c1. The number of anilines is 1. The molecule has 1 atom stereocenters. The van der Waals surface area contributed by atoms with E-state index >= 15 is 0 Å². The third-order valence-electron chi connectivity index (χ3n) is 4.02. The molecule has 21 heavy (non-hydrogen) atoms. The van der Waals surface area contributed by atoms with E-state index in [-0.39, 0.29) is 6.04 Å². The molecule has 1 aromatic heterocycles. The van der Waals surface area contributed by atoms with Gasteiger partial charge in [-0.15, -0.1) is 0 Å². The maximum atomic E-state index is 6.00. The number of benzene rings is 1. The second-order valence-electron chi connectivity index (χ2n) is 6.01. The van der Waals surface area contributed by atoms with Crippen molar-refractivity contribution in [1.82, 2.24) is 9.97 Å². The number of nitrogens with zero attached hydrogens (tertiary/aromatic N) is 3. The Kier molecular flexibility index (Phi) is 3.64. The van der Waals surface area contributed by atoms with Gasteiger partial charge in [-0.1, -0.05) is 17.7 Å². The predicted octanol–water partition coefficient (Wildman–Crippen LogP) is 2.61. The molecule has 0 amide bonds. The monoisotopic (exact) mass is 282 g/mol. The molecule has 1 aliphatic heterocycles. The quantitative estimate of drug-likeness (QED) is 0.920. The molecule has 0 aliphatic carbocycles. The minimum atomic E-state index is 0.235. The van der Waals surface area contributed by atoms with Crippen LogP contribution in [0.3, 0.4) is 0 Å². The Labute approximate surface area is 126 Å². The lowest BCUT2D eigenvalue weighted by molar-refractivity contribution is 0.750. The van der Waals surface area contributed by atoms with E-state index in [0.717, 1.165) is 36.8 Å². The van der Waals surface area contributed by atoms with Crippen LogP contribution in [0.5, 0.6) is 0 Å². The normalized spacial score (nSPS) is 18.3. The van der Waals surface area contributed by atoms with Gasteiger partial charge in [0, 0.05) is 30.4 Å². The molecular formula is C17H22N4. The first kappa shape index (κ1) is 14.0. The summed E-state index contributed by atoms with van der Waals surface area (Å²) in [6, 6.07) is 8.76. The van der Waals surface area contributed by atoms with Gasteiger partial charge in [0.15, 0.2) is 0 Å². The van der Waals surface area contributed by atoms with Gasteiger partial charge in [0.25, 0.3) is 0 Å². The fourth-order valence-corrected chi connectivity index (χ4v) is 2.81. The Morgan fingerprint density at radius 1 is 1.14 bits per heavy atom. The van der Waals surface area contributed by atoms with Crippen molar-refractivity contribution in [2.24, 2.45) is 5.73 Å². The van der Waals surface area contributed by atoms with E-state index in [1.54, 1.807) is 0 Å². The zero-order chi connectivity index (χ0) is 15.0. The van der Waals surface area contributed by atoms with Gasteiger partial charge in [0.2, 0.25) is 5.95 Å². The predicted molar refractivity (Wildman–Crippen MR) is 86.5 cm³/mol. The number of aromatic nitrogens is 2. The van der Waals surface area contributed by atoms with Crippen LogP contribution in [-0.2, 0) is 0 Å². The van der Waals surface area contributed by atoms with Crippen LogP contribution in [0.15, 0.2) is 24.3 Å². The molecule has 2 heterocycles. The third-order valence-corrected chi connectivity index (χ3v) is 4.02. The van der Waals surface area contributed by atoms with Crippen molar-refractivity contribution in [1.29, 1.82) is 0 Å². The van der Waals surface area contributed by atoms with Crippen LogP contribution < -0.4 is 10.6 Å². The highest BCUT2D eigenvalue weighted by molar-refractivity contribution is 5.65. The lowest BCUT2D eigenvalue weighted by atomic mass is 10.0. The van der Waals surface area contributed by atoms with E-state index < -0.39 is 0 Å². The van der Waals surface area contributed by atoms with Crippen LogP contribution in [0.25, 0.3) is 11.3 Å². The van der Waals surface area contributed by atoms with Crippen molar-refractivity contribution in [3.63, 3.8) is 0 Å². The minimum absolute atomic E-state index is 0.235. The van der Waals surface area contributed by atoms with Gasteiger partial charge in [-0.05, 0) is 44.9 Å². The summed E-state index contributed by atoms with van der Waals surface area (Å²) >= 11 is 0. The number of aryl methyl sites for hydroxylation is 3. The van der Waals surface area contributed by atoms with Crippen LogP contribution in [0.4, 0.5) is 5.95 Å². The first-order chi connectivity index (χ1) is 10.0. The highest BCUT2D eigenvalue weighted by atomic mass is 15.3. The molecular weight excluding hydrogens is 260 g/mol. The Morgan fingerprint density at radius 3 is 2.67 bits per heavy atom. The van der Waals surface area contributed by atoms with Gasteiger partial charge in [-0.25, -0.2) is 9.97 Å². The first-order valence-corrected chi connectivity index (χ1v) is 7.47. The number of hydrogen-bond donors (Lipinski definition) is 1. The van der Waals surface area contributed by atoms with E-state index in [4.69, 9.17) is 10.7 Å². The molecule has 1 unspecified atom stereocenters. The average Bonchev–Trinajstić information content (AvgIpc) is 2.87. The van der Waals surface area contributed by atoms with Gasteiger partial charge in [-0.3, -0.25) is 0 Å². The molecule has 0 spiro atoms. The zero-order valence-corrected chi connectivity index (χ0v) is 12.9. The van der Waals surface area contributed by atoms with Crippen molar-refractivity contribution in [3.8, 4) is 11.3 Å². The lowest BCUT2D eigenvalue weighted by Crippen LogP contribution is -2.27. The van der Waals surface area contributed by atoms with E-state index in [0.29, 0.717) is 0 Å². The molecule has 4 heteroatoms. The number of hydrogen-bond acceptors (Lipinski definition) is 4. The smallest absolute Gasteiger partial charge is 0.226 e. The van der Waals surface area contributed by atoms with E-state index in [1.807, 2.05) is 6.92 Å². The van der Waals surface area contributed by atoms with E-state index in [9.17, 15) is 0 Å². The van der Waals surface area contributed by atoms with Gasteiger partial charge in [-0.2, -0.15) is 0 Å². The summed E-state index contributed by atoms with van der Waals surface area (Å²) in [7, 11) is 0. The van der Waals surface area contributed by atoms with Crippen LogP contribution >= 0.6 is 0 Å². The van der Waals surface area contributed by atoms with Crippen molar-refractivity contribution >= 4 is 5.95 Å². The summed E-state index contributed by atoms with van der Waals surface area (Å²) in [5.74, 6) is 0.804. The Morgan fingerprint density at radius 2 is 1.95 bits per heavy atom. The highest BCUT2D eigenvalue weighted by Gasteiger charge is 2.22. The van der Waals surface area contributed by atoms with Crippen LogP contribution in [-0.4, -0.2) is 29.1 Å². The Hall–Kier alpha value is -1.94. The zero-order valence-electron chi connectivity index (χ0n) is 12.9. The van der Waals surface area contributed by atoms with Crippen LogP contribution in [0.1, 0.15) is 23.2 Å². The second kappa shape index (κ2) is 5.45. The van der Waals surface area contributed by atoms with Crippen molar-refractivity contribution in [2.45, 2.75) is 33.2 Å². The third kappa shape index (κ3) is 2.90. The molecule has 1 aromatic carbocycles. The fraction of sp³-hybridized carbons (Fsp3) is 0.412. The summed E-state index contributed by atoms with van der Waals surface area (Å²) in [4.78, 5) is 11.6. The second-order valence-corrected chi connectivity index (χ2v) is 6.01. The fourth-order valence-electron chi connectivity index (χ4n) is 2.81. The van der Waals surface area contributed by atoms with Crippen LogP contribution in [0.2, 0.25) is 0 Å². The largest absolute Gasteiger partial charge is 0.339 e. The van der Waals surface area contributed by atoms with Crippen molar-refractivity contribution in [2.75, 3.05) is 18.0 Å². The standard InChI is InChI=1S/C17H22N4/c1-11-4-5-12(2)15(8-11)16-9-13(3)19-17(20-16)21-7-6-14(18)10-21/h4-5,8-9,14H,6-7,10,18H2,1-3H3. The maximum Gasteiger partial charge on any atom is 0.226 e. The van der Waals surface area contributed by atoms with Crippen molar-refractivity contribution < 1.29 is 0 Å². The molecule has 1 fully saturated rings. The average molecular weight is 282 g/mol.